The Kier molecular flexibility index (Phi) is 5.44. The Morgan fingerprint density at radius 3 is 2.57 bits per heavy atom. The van der Waals surface area contributed by atoms with Crippen LogP contribution in [-0.2, 0) is 16.3 Å². The maximum absolute atomic E-state index is 13.7. The van der Waals surface area contributed by atoms with Crippen molar-refractivity contribution < 1.29 is 31.6 Å². The van der Waals surface area contributed by atoms with Crippen molar-refractivity contribution in [2.45, 2.75) is 43.2 Å². The molecule has 0 spiro atoms. The van der Waals surface area contributed by atoms with E-state index in [-0.39, 0.29) is 23.8 Å². The first-order valence-corrected chi connectivity index (χ1v) is 9.73. The number of halogens is 4. The van der Waals surface area contributed by atoms with E-state index in [2.05, 4.69) is 15.8 Å². The third kappa shape index (κ3) is 4.58. The van der Waals surface area contributed by atoms with Crippen LogP contribution >= 0.6 is 0 Å². The number of alkyl halides is 3. The molecule has 0 bridgehead atoms. The number of anilines is 1. The van der Waals surface area contributed by atoms with Crippen LogP contribution in [0.25, 0.3) is 0 Å². The molecule has 1 aromatic heterocycles. The smallest absolute Gasteiger partial charge is 0.381 e. The monoisotopic (exact) mass is 427 g/mol. The van der Waals surface area contributed by atoms with E-state index in [4.69, 9.17) is 9.26 Å². The van der Waals surface area contributed by atoms with Gasteiger partial charge in [-0.25, -0.2) is 9.18 Å². The molecule has 6 nitrogen and oxygen atoms in total. The fourth-order valence-electron chi connectivity index (χ4n) is 3.71. The zero-order valence-electron chi connectivity index (χ0n) is 16.0. The number of rotatable bonds is 5. The number of nitrogens with one attached hydrogen (secondary N) is 2. The standard InChI is InChI=1S/C20H21F4N3O3/c21-15-8-13(7-14(9-15)20(22,23)24)19(3-4-19)11-25-18(28)26-17-10-16(30-27-17)12-1-5-29-6-2-12/h7-10,12H,1-6,11H2,(H2,25,26,27,28). The van der Waals surface area contributed by atoms with Gasteiger partial charge in [0.05, 0.1) is 5.56 Å². The zero-order chi connectivity index (χ0) is 21.4. The first-order chi connectivity index (χ1) is 14.2. The van der Waals surface area contributed by atoms with Gasteiger partial charge in [-0.15, -0.1) is 0 Å². The Morgan fingerprint density at radius 1 is 1.17 bits per heavy atom. The highest BCUT2D eigenvalue weighted by molar-refractivity contribution is 5.88. The molecule has 1 saturated heterocycles. The minimum atomic E-state index is -4.63. The molecule has 0 unspecified atom stereocenters. The lowest BCUT2D eigenvalue weighted by molar-refractivity contribution is -0.137. The van der Waals surface area contributed by atoms with Gasteiger partial charge in [0.25, 0.3) is 0 Å². The molecule has 10 heteroatoms. The lowest BCUT2D eigenvalue weighted by Crippen LogP contribution is -2.35. The number of urea groups is 1. The molecule has 1 saturated carbocycles. The normalized spacial score (nSPS) is 18.8. The molecule has 2 heterocycles. The first-order valence-electron chi connectivity index (χ1n) is 9.73. The van der Waals surface area contributed by atoms with Crippen molar-refractivity contribution >= 4 is 11.8 Å². The average Bonchev–Trinajstić information content (AvgIpc) is 3.37. The van der Waals surface area contributed by atoms with E-state index in [1.54, 1.807) is 6.07 Å². The molecule has 2 N–H and O–H groups in total. The molecule has 0 radical (unpaired) electrons. The van der Waals surface area contributed by atoms with Crippen molar-refractivity contribution in [3.63, 3.8) is 0 Å². The van der Waals surface area contributed by atoms with Crippen LogP contribution in [0.2, 0.25) is 0 Å². The number of nitrogens with zero attached hydrogens (tertiary/aromatic N) is 1. The highest BCUT2D eigenvalue weighted by Crippen LogP contribution is 2.49. The Balaban J connectivity index is 1.36. The molecule has 1 aliphatic heterocycles. The second-order valence-electron chi connectivity index (χ2n) is 7.82. The van der Waals surface area contributed by atoms with Crippen LogP contribution in [0.1, 0.15) is 48.5 Å². The van der Waals surface area contributed by atoms with E-state index in [0.29, 0.717) is 37.9 Å². The minimum Gasteiger partial charge on any atom is -0.381 e. The molecule has 1 aromatic carbocycles. The number of benzene rings is 1. The fraction of sp³-hybridized carbons (Fsp3) is 0.500. The van der Waals surface area contributed by atoms with Gasteiger partial charge in [0.15, 0.2) is 5.82 Å². The Hall–Kier alpha value is -2.62. The largest absolute Gasteiger partial charge is 0.416 e. The SMILES string of the molecule is O=C(NCC1(c2cc(F)cc(C(F)(F)F)c2)CC1)Nc1cc(C2CCOCC2)on1. The molecule has 2 aromatic rings. The highest BCUT2D eigenvalue weighted by Gasteiger charge is 2.46. The van der Waals surface area contributed by atoms with Crippen LogP contribution in [0.4, 0.5) is 28.2 Å². The summed E-state index contributed by atoms with van der Waals surface area (Å²) < 4.78 is 63.3. The van der Waals surface area contributed by atoms with Crippen molar-refractivity contribution in [1.29, 1.82) is 0 Å². The van der Waals surface area contributed by atoms with Gasteiger partial charge in [-0.2, -0.15) is 13.2 Å². The molecular weight excluding hydrogens is 406 g/mol. The van der Waals surface area contributed by atoms with Crippen molar-refractivity contribution in [2.24, 2.45) is 0 Å². The number of amides is 2. The van der Waals surface area contributed by atoms with Gasteiger partial charge < -0.3 is 14.6 Å². The summed E-state index contributed by atoms with van der Waals surface area (Å²) in [6, 6.07) is 3.62. The summed E-state index contributed by atoms with van der Waals surface area (Å²) in [5.74, 6) is 0.171. The van der Waals surface area contributed by atoms with Gasteiger partial charge in [0.2, 0.25) is 0 Å². The molecular formula is C20H21F4N3O3. The zero-order valence-corrected chi connectivity index (χ0v) is 16.0. The quantitative estimate of drug-likeness (QED) is 0.685. The van der Waals surface area contributed by atoms with Crippen molar-refractivity contribution in [3.05, 3.63) is 47.0 Å². The summed E-state index contributed by atoms with van der Waals surface area (Å²) in [6.07, 6.45) is -1.88. The molecule has 1 aliphatic carbocycles. The number of aromatic nitrogens is 1. The predicted molar refractivity (Wildman–Crippen MR) is 98.6 cm³/mol. The average molecular weight is 427 g/mol. The maximum Gasteiger partial charge on any atom is 0.416 e. The van der Waals surface area contributed by atoms with Crippen LogP contribution in [0.5, 0.6) is 0 Å². The predicted octanol–water partition coefficient (Wildman–Crippen LogP) is 4.58. The van der Waals surface area contributed by atoms with E-state index in [1.807, 2.05) is 0 Å². The van der Waals surface area contributed by atoms with Gasteiger partial charge in [-0.3, -0.25) is 5.32 Å². The van der Waals surface area contributed by atoms with Gasteiger partial charge in [-0.05, 0) is 49.4 Å². The minimum absolute atomic E-state index is 0.0876. The van der Waals surface area contributed by atoms with Crippen LogP contribution in [0.15, 0.2) is 28.8 Å². The van der Waals surface area contributed by atoms with Crippen LogP contribution in [-0.4, -0.2) is 30.9 Å². The summed E-state index contributed by atoms with van der Waals surface area (Å²) in [5.41, 5.74) is -1.49. The second kappa shape index (κ2) is 7.90. The van der Waals surface area contributed by atoms with Crippen molar-refractivity contribution in [1.82, 2.24) is 10.5 Å². The van der Waals surface area contributed by atoms with Gasteiger partial charge in [0, 0.05) is 37.2 Å². The fourth-order valence-corrected chi connectivity index (χ4v) is 3.71. The summed E-state index contributed by atoms with van der Waals surface area (Å²) in [7, 11) is 0. The summed E-state index contributed by atoms with van der Waals surface area (Å²) in [5, 5.41) is 9.04. The van der Waals surface area contributed by atoms with E-state index >= 15 is 0 Å². The van der Waals surface area contributed by atoms with Crippen LogP contribution < -0.4 is 10.6 Å². The first kappa shape index (κ1) is 20.6. The number of carbonyl (C=O) groups excluding carboxylic acids is 1. The third-order valence-electron chi connectivity index (χ3n) is 5.67. The van der Waals surface area contributed by atoms with Gasteiger partial charge in [-0.1, -0.05) is 5.16 Å². The molecule has 0 atom stereocenters. The Morgan fingerprint density at radius 2 is 1.90 bits per heavy atom. The topological polar surface area (TPSA) is 76.4 Å². The third-order valence-corrected chi connectivity index (χ3v) is 5.67. The van der Waals surface area contributed by atoms with Gasteiger partial charge >= 0.3 is 12.2 Å². The molecule has 30 heavy (non-hydrogen) atoms. The summed E-state index contributed by atoms with van der Waals surface area (Å²) >= 11 is 0. The van der Waals surface area contributed by atoms with Crippen molar-refractivity contribution in [2.75, 3.05) is 25.1 Å². The lowest BCUT2D eigenvalue weighted by Gasteiger charge is -2.19. The second-order valence-corrected chi connectivity index (χ2v) is 7.82. The molecule has 2 fully saturated rings. The molecule has 2 aliphatic rings. The summed E-state index contributed by atoms with van der Waals surface area (Å²) in [6.45, 7) is 1.38. The number of carbonyl (C=O) groups is 1. The summed E-state index contributed by atoms with van der Waals surface area (Å²) in [4.78, 5) is 12.2. The van der Waals surface area contributed by atoms with Crippen LogP contribution in [0.3, 0.4) is 0 Å². The highest BCUT2D eigenvalue weighted by atomic mass is 19.4. The van der Waals surface area contributed by atoms with E-state index in [1.165, 1.54) is 0 Å². The van der Waals surface area contributed by atoms with Gasteiger partial charge in [0.1, 0.15) is 11.6 Å². The van der Waals surface area contributed by atoms with Crippen LogP contribution in [0, 0.1) is 5.82 Å². The molecule has 4 rings (SSSR count). The lowest BCUT2D eigenvalue weighted by atomic mass is 9.94. The van der Waals surface area contributed by atoms with Crippen molar-refractivity contribution in [3.8, 4) is 0 Å². The van der Waals surface area contributed by atoms with E-state index in [0.717, 1.165) is 25.0 Å². The van der Waals surface area contributed by atoms with E-state index in [9.17, 15) is 22.4 Å². The maximum atomic E-state index is 13.7. The Bertz CT molecular complexity index is 918. The van der Waals surface area contributed by atoms with E-state index < -0.39 is 29.0 Å². The number of hydrogen-bond donors (Lipinski definition) is 2. The molecule has 162 valence electrons. The number of ether oxygens (including phenoxy) is 1. The Labute approximate surface area is 169 Å². The number of hydrogen-bond acceptors (Lipinski definition) is 4. The molecule has 2 amide bonds.